The molecule has 108 valence electrons. The number of hydrogen-bond acceptors (Lipinski definition) is 3. The van der Waals surface area contributed by atoms with Crippen LogP contribution in [0.2, 0.25) is 0 Å². The Morgan fingerprint density at radius 2 is 1.82 bits per heavy atom. The molecule has 0 amide bonds. The molecule has 3 rings (SSSR count). The van der Waals surface area contributed by atoms with Crippen molar-refractivity contribution in [3.63, 3.8) is 0 Å². The summed E-state index contributed by atoms with van der Waals surface area (Å²) >= 11 is 1.44. The summed E-state index contributed by atoms with van der Waals surface area (Å²) in [6, 6.07) is 13.3. The Bertz CT molecular complexity index is 899. The van der Waals surface area contributed by atoms with Crippen molar-refractivity contribution in [3.05, 3.63) is 70.6 Å². The molecule has 0 unspecified atom stereocenters. The molecule has 0 radical (unpaired) electrons. The first-order valence-electron chi connectivity index (χ1n) is 6.48. The average molecular weight is 310 g/mol. The topological polar surface area (TPSA) is 34.5 Å². The molecule has 2 aromatic carbocycles. The number of aryl methyl sites for hydroxylation is 1. The second kappa shape index (κ2) is 5.92. The van der Waals surface area contributed by atoms with E-state index in [1.165, 1.54) is 23.5 Å². The number of benzene rings is 2. The van der Waals surface area contributed by atoms with E-state index in [0.717, 1.165) is 15.4 Å². The lowest BCUT2D eigenvalue weighted by Gasteiger charge is -1.94. The largest absolute Gasteiger partial charge is 0.241 e. The van der Waals surface area contributed by atoms with Gasteiger partial charge in [-0.05, 0) is 24.3 Å². The fourth-order valence-corrected chi connectivity index (χ4v) is 2.78. The molecule has 0 bridgehead atoms. The minimum Gasteiger partial charge on any atom is -0.241 e. The molecular formula is C16H11FN4S. The second-order valence-corrected chi connectivity index (χ2v) is 5.52. The lowest BCUT2D eigenvalue weighted by atomic mass is 10.2. The molecule has 0 aliphatic heterocycles. The van der Waals surface area contributed by atoms with Gasteiger partial charge in [0.25, 0.3) is 0 Å². The van der Waals surface area contributed by atoms with E-state index in [9.17, 15) is 4.39 Å². The number of hydrogen-bond donors (Lipinski definition) is 0. The highest BCUT2D eigenvalue weighted by Gasteiger charge is 2.05. The molecule has 0 saturated carbocycles. The monoisotopic (exact) mass is 310 g/mol. The van der Waals surface area contributed by atoms with Gasteiger partial charge < -0.3 is 0 Å². The molecule has 4 nitrogen and oxygen atoms in total. The Hall–Kier alpha value is -2.78. The van der Waals surface area contributed by atoms with Crippen molar-refractivity contribution < 1.29 is 4.39 Å². The van der Waals surface area contributed by atoms with E-state index in [2.05, 4.69) is 14.9 Å². The first-order chi connectivity index (χ1) is 10.7. The van der Waals surface area contributed by atoms with E-state index in [-0.39, 0.29) is 5.82 Å². The zero-order valence-corrected chi connectivity index (χ0v) is 12.5. The fourth-order valence-electron chi connectivity index (χ4n) is 1.87. The van der Waals surface area contributed by atoms with Crippen molar-refractivity contribution >= 4 is 22.7 Å². The summed E-state index contributed by atoms with van der Waals surface area (Å²) in [6.45, 7) is 6.96. The maximum Gasteiger partial charge on any atom is 0.208 e. The summed E-state index contributed by atoms with van der Waals surface area (Å²) in [5.74, 6) is -0.284. The molecule has 6 heteroatoms. The van der Waals surface area contributed by atoms with Crippen LogP contribution >= 0.6 is 11.3 Å². The van der Waals surface area contributed by atoms with Gasteiger partial charge in [-0.15, -0.1) is 0 Å². The van der Waals surface area contributed by atoms with Gasteiger partial charge in [-0.25, -0.2) is 18.9 Å². The van der Waals surface area contributed by atoms with E-state index in [1.807, 2.05) is 19.2 Å². The van der Waals surface area contributed by atoms with Crippen molar-refractivity contribution in [1.29, 1.82) is 0 Å². The molecule has 0 spiro atoms. The fraction of sp³-hybridized carbons (Fsp3) is 0.0625. The highest BCUT2D eigenvalue weighted by atomic mass is 32.1. The van der Waals surface area contributed by atoms with Gasteiger partial charge in [-0.2, -0.15) is 5.10 Å². The summed E-state index contributed by atoms with van der Waals surface area (Å²) in [6.07, 6.45) is 0. The van der Waals surface area contributed by atoms with Crippen LogP contribution in [0.1, 0.15) is 0 Å². The molecule has 0 aliphatic rings. The quantitative estimate of drug-likeness (QED) is 0.657. The molecule has 0 fully saturated rings. The molecular weight excluding hydrogens is 299 g/mol. The van der Waals surface area contributed by atoms with Crippen molar-refractivity contribution in [3.8, 4) is 10.6 Å². The smallest absolute Gasteiger partial charge is 0.208 e. The van der Waals surface area contributed by atoms with Gasteiger partial charge in [0.05, 0.1) is 12.3 Å². The van der Waals surface area contributed by atoms with E-state index < -0.39 is 0 Å². The molecule has 1 heterocycles. The zero-order valence-electron chi connectivity index (χ0n) is 11.7. The van der Waals surface area contributed by atoms with Gasteiger partial charge in [0.2, 0.25) is 4.80 Å². The molecule has 0 N–H and O–H groups in total. The summed E-state index contributed by atoms with van der Waals surface area (Å²) in [4.78, 5) is 8.55. The minimum atomic E-state index is -0.284. The number of nitrogens with zero attached hydrogens (tertiary/aromatic N) is 4. The number of aromatic nitrogens is 2. The summed E-state index contributed by atoms with van der Waals surface area (Å²) in [5.41, 5.74) is 2.21. The highest BCUT2D eigenvalue weighted by Crippen LogP contribution is 2.23. The van der Waals surface area contributed by atoms with Crippen molar-refractivity contribution in [2.45, 2.75) is 0 Å². The van der Waals surface area contributed by atoms with Gasteiger partial charge in [0.1, 0.15) is 10.8 Å². The summed E-state index contributed by atoms with van der Waals surface area (Å²) < 4.78 is 14.6. The van der Waals surface area contributed by atoms with E-state index in [0.29, 0.717) is 11.4 Å². The Morgan fingerprint density at radius 3 is 2.45 bits per heavy atom. The van der Waals surface area contributed by atoms with Crippen LogP contribution in [0.25, 0.3) is 15.4 Å². The van der Waals surface area contributed by atoms with E-state index in [4.69, 9.17) is 6.57 Å². The number of rotatable bonds is 2. The Morgan fingerprint density at radius 1 is 1.14 bits per heavy atom. The zero-order chi connectivity index (χ0) is 15.5. The van der Waals surface area contributed by atoms with Crippen molar-refractivity contribution in [2.24, 2.45) is 12.0 Å². The Kier molecular flexibility index (Phi) is 3.81. The first kappa shape index (κ1) is 14.2. The average Bonchev–Trinajstić information content (AvgIpc) is 2.91. The molecule has 3 aromatic rings. The first-order valence-corrected chi connectivity index (χ1v) is 7.30. The summed E-state index contributed by atoms with van der Waals surface area (Å²) in [7, 11) is 1.82. The van der Waals surface area contributed by atoms with Gasteiger partial charge in [0, 0.05) is 12.6 Å². The molecule has 0 aliphatic carbocycles. The molecule has 1 aromatic heterocycles. The predicted molar refractivity (Wildman–Crippen MR) is 84.4 cm³/mol. The molecule has 0 saturated heterocycles. The van der Waals surface area contributed by atoms with E-state index >= 15 is 0 Å². The van der Waals surface area contributed by atoms with Crippen LogP contribution in [-0.2, 0) is 7.05 Å². The maximum atomic E-state index is 12.9. The predicted octanol–water partition coefficient (Wildman–Crippen LogP) is 4.07. The van der Waals surface area contributed by atoms with Crippen LogP contribution in [-0.4, -0.2) is 9.78 Å². The van der Waals surface area contributed by atoms with Gasteiger partial charge in [-0.1, -0.05) is 35.6 Å². The molecule has 0 atom stereocenters. The van der Waals surface area contributed by atoms with Gasteiger partial charge >= 0.3 is 0 Å². The van der Waals surface area contributed by atoms with Crippen molar-refractivity contribution in [1.82, 2.24) is 9.78 Å². The standard InChI is InChI=1S/C16H11FN4S/c1-18-13-7-3-11(4-8-13)15-20-21(2)16(22-15)19-14-9-5-12(17)6-10-14/h3-10H,2H3. The van der Waals surface area contributed by atoms with Gasteiger partial charge in [-0.3, -0.25) is 0 Å². The van der Waals surface area contributed by atoms with Crippen LogP contribution in [0.15, 0.2) is 53.5 Å². The minimum absolute atomic E-state index is 0.284. The Balaban J connectivity index is 1.99. The normalized spacial score (nSPS) is 11.4. The summed E-state index contributed by atoms with van der Waals surface area (Å²) in [5, 5.41) is 5.26. The lowest BCUT2D eigenvalue weighted by molar-refractivity contribution is 0.628. The van der Waals surface area contributed by atoms with E-state index in [1.54, 1.807) is 28.9 Å². The van der Waals surface area contributed by atoms with Crippen LogP contribution in [0.4, 0.5) is 15.8 Å². The van der Waals surface area contributed by atoms with Crippen molar-refractivity contribution in [2.75, 3.05) is 0 Å². The van der Waals surface area contributed by atoms with Crippen LogP contribution in [0.5, 0.6) is 0 Å². The highest BCUT2D eigenvalue weighted by molar-refractivity contribution is 7.12. The van der Waals surface area contributed by atoms with Crippen LogP contribution < -0.4 is 4.80 Å². The van der Waals surface area contributed by atoms with Crippen LogP contribution in [0, 0.1) is 12.4 Å². The second-order valence-electron chi connectivity index (χ2n) is 4.56. The molecule has 22 heavy (non-hydrogen) atoms. The number of halogens is 1. The maximum absolute atomic E-state index is 12.9. The third-order valence-electron chi connectivity index (χ3n) is 3.00. The SMILES string of the molecule is [C-]#[N+]c1ccc(-c2nn(C)c(=Nc3ccc(F)cc3)s2)cc1. The Labute approximate surface area is 130 Å². The third kappa shape index (κ3) is 2.95. The van der Waals surface area contributed by atoms with Gasteiger partial charge in [0.15, 0.2) is 5.69 Å². The third-order valence-corrected chi connectivity index (χ3v) is 4.05. The lowest BCUT2D eigenvalue weighted by Crippen LogP contribution is -2.10. The van der Waals surface area contributed by atoms with Crippen LogP contribution in [0.3, 0.4) is 0 Å².